The number of para-hydroxylation sites is 2. The van der Waals surface area contributed by atoms with Gasteiger partial charge in [0.2, 0.25) is 5.91 Å². The Bertz CT molecular complexity index is 710. The normalized spacial score (nSPS) is 10.7. The molecule has 21 heavy (non-hydrogen) atoms. The molecule has 3 rings (SSSR count). The number of fused-ring (bicyclic) bond motifs is 1. The first-order chi connectivity index (χ1) is 10.3. The van der Waals surface area contributed by atoms with Gasteiger partial charge in [0.15, 0.2) is 5.58 Å². The molecule has 0 bridgehead atoms. The first-order valence-electron chi connectivity index (χ1n) is 6.50. The molecule has 1 N–H and O–H groups in total. The summed E-state index contributed by atoms with van der Waals surface area (Å²) in [5.74, 6) is 1.09. The number of carbonyl (C=O) groups is 1. The maximum Gasteiger partial charge on any atom is 0.256 e. The Morgan fingerprint density at radius 3 is 2.86 bits per heavy atom. The Labute approximate surface area is 125 Å². The third-order valence-electron chi connectivity index (χ3n) is 2.76. The van der Waals surface area contributed by atoms with Crippen LogP contribution in [0.2, 0.25) is 0 Å². The molecular weight excluding hydrogens is 286 g/mol. The molecule has 5 nitrogen and oxygen atoms in total. The summed E-state index contributed by atoms with van der Waals surface area (Å²) >= 11 is 1.43. The minimum absolute atomic E-state index is 0.0719. The lowest BCUT2D eigenvalue weighted by Crippen LogP contribution is -2.12. The third kappa shape index (κ3) is 3.61. The van der Waals surface area contributed by atoms with Gasteiger partial charge in [-0.15, -0.1) is 0 Å². The van der Waals surface area contributed by atoms with Gasteiger partial charge in [-0.3, -0.25) is 4.79 Å². The topological polar surface area (TPSA) is 68.0 Å². The fraction of sp³-hybridized carbons (Fsp3) is 0.133. The van der Waals surface area contributed by atoms with Gasteiger partial charge in [-0.2, -0.15) is 0 Å². The molecule has 2 aromatic heterocycles. The maximum absolute atomic E-state index is 11.8. The number of benzene rings is 1. The second kappa shape index (κ2) is 6.41. The number of nitrogens with zero attached hydrogens (tertiary/aromatic N) is 2. The molecule has 0 unspecified atom stereocenters. The molecule has 1 aromatic carbocycles. The van der Waals surface area contributed by atoms with Gasteiger partial charge in [0.25, 0.3) is 5.22 Å². The Hall–Kier alpha value is -2.34. The lowest BCUT2D eigenvalue weighted by molar-refractivity contribution is -0.115. The molecule has 0 aliphatic heterocycles. The van der Waals surface area contributed by atoms with E-state index in [1.165, 1.54) is 11.8 Å². The molecule has 106 valence electrons. The number of nitrogens with one attached hydrogen (secondary N) is 1. The molecule has 0 aliphatic carbocycles. The summed E-state index contributed by atoms with van der Waals surface area (Å²) in [5.41, 5.74) is 1.59. The van der Waals surface area contributed by atoms with Crippen LogP contribution in [0, 0.1) is 0 Å². The molecule has 0 atom stereocenters. The highest BCUT2D eigenvalue weighted by Crippen LogP contribution is 2.23. The largest absolute Gasteiger partial charge is 0.431 e. The number of thioether (sulfide) groups is 1. The van der Waals surface area contributed by atoms with Crippen molar-refractivity contribution in [1.82, 2.24) is 9.97 Å². The summed E-state index contributed by atoms with van der Waals surface area (Å²) in [6, 6.07) is 13.0. The summed E-state index contributed by atoms with van der Waals surface area (Å²) < 4.78 is 5.58. The third-order valence-corrected chi connectivity index (χ3v) is 3.59. The molecule has 0 saturated carbocycles. The minimum atomic E-state index is -0.0719. The highest BCUT2D eigenvalue weighted by atomic mass is 32.2. The summed E-state index contributed by atoms with van der Waals surface area (Å²) in [4.78, 5) is 20.1. The number of hydrogen-bond donors (Lipinski definition) is 1. The molecule has 0 aliphatic rings. The molecule has 0 fully saturated rings. The highest BCUT2D eigenvalue weighted by molar-refractivity contribution is 7.99. The number of oxazole rings is 1. The maximum atomic E-state index is 11.8. The molecule has 2 heterocycles. The summed E-state index contributed by atoms with van der Waals surface area (Å²) in [5, 5.41) is 3.33. The van der Waals surface area contributed by atoms with Crippen LogP contribution >= 0.6 is 11.8 Å². The second-order valence-electron chi connectivity index (χ2n) is 4.31. The second-order valence-corrected chi connectivity index (χ2v) is 5.36. The van der Waals surface area contributed by atoms with Crippen LogP contribution in [-0.2, 0) is 4.79 Å². The number of rotatable bonds is 5. The van der Waals surface area contributed by atoms with E-state index in [4.69, 9.17) is 4.42 Å². The fourth-order valence-electron chi connectivity index (χ4n) is 1.79. The van der Waals surface area contributed by atoms with Crippen molar-refractivity contribution < 1.29 is 9.21 Å². The van der Waals surface area contributed by atoms with Crippen molar-refractivity contribution in [3.63, 3.8) is 0 Å². The number of carbonyl (C=O) groups excluding carboxylic acids is 1. The van der Waals surface area contributed by atoms with Crippen LogP contribution in [0.4, 0.5) is 5.82 Å². The fourth-order valence-corrected chi connectivity index (χ4v) is 2.56. The van der Waals surface area contributed by atoms with Crippen LogP contribution in [0.1, 0.15) is 6.42 Å². The molecular formula is C15H13N3O2S. The summed E-state index contributed by atoms with van der Waals surface area (Å²) in [7, 11) is 0. The quantitative estimate of drug-likeness (QED) is 0.732. The lowest BCUT2D eigenvalue weighted by Gasteiger charge is -2.02. The molecule has 3 aromatic rings. The van der Waals surface area contributed by atoms with E-state index in [2.05, 4.69) is 15.3 Å². The summed E-state index contributed by atoms with van der Waals surface area (Å²) in [6.07, 6.45) is 2.02. The van der Waals surface area contributed by atoms with Crippen molar-refractivity contribution in [1.29, 1.82) is 0 Å². The summed E-state index contributed by atoms with van der Waals surface area (Å²) in [6.45, 7) is 0. The Morgan fingerprint density at radius 1 is 1.19 bits per heavy atom. The molecule has 6 heteroatoms. The van der Waals surface area contributed by atoms with Gasteiger partial charge in [0.1, 0.15) is 11.3 Å². The van der Waals surface area contributed by atoms with Crippen molar-refractivity contribution in [3.8, 4) is 0 Å². The predicted octanol–water partition coefficient (Wildman–Crippen LogP) is 3.34. The smallest absolute Gasteiger partial charge is 0.256 e. The van der Waals surface area contributed by atoms with Crippen LogP contribution in [0.3, 0.4) is 0 Å². The van der Waals surface area contributed by atoms with Crippen LogP contribution in [-0.4, -0.2) is 21.6 Å². The Balaban J connectivity index is 1.50. The van der Waals surface area contributed by atoms with Crippen molar-refractivity contribution in [2.45, 2.75) is 11.6 Å². The standard InChI is InChI=1S/C15H13N3O2S/c19-14(18-13-7-3-4-9-16-13)8-10-21-15-17-11-5-1-2-6-12(11)20-15/h1-7,9H,8,10H2,(H,16,18,19). The number of hydrogen-bond acceptors (Lipinski definition) is 5. The minimum Gasteiger partial charge on any atom is -0.431 e. The van der Waals surface area contributed by atoms with Gasteiger partial charge in [0, 0.05) is 18.4 Å². The van der Waals surface area contributed by atoms with Crippen LogP contribution < -0.4 is 5.32 Å². The van der Waals surface area contributed by atoms with Crippen LogP contribution in [0.5, 0.6) is 0 Å². The van der Waals surface area contributed by atoms with Crippen molar-refractivity contribution >= 4 is 34.6 Å². The first kappa shape index (κ1) is 13.6. The predicted molar refractivity (Wildman–Crippen MR) is 82.2 cm³/mol. The van der Waals surface area contributed by atoms with E-state index in [1.54, 1.807) is 18.3 Å². The zero-order chi connectivity index (χ0) is 14.5. The molecule has 1 amide bonds. The van der Waals surface area contributed by atoms with E-state index in [0.29, 0.717) is 23.2 Å². The van der Waals surface area contributed by atoms with Crippen molar-refractivity contribution in [3.05, 3.63) is 48.7 Å². The Kier molecular flexibility index (Phi) is 4.16. The van der Waals surface area contributed by atoms with Crippen molar-refractivity contribution in [2.75, 3.05) is 11.1 Å². The average Bonchev–Trinajstić information content (AvgIpc) is 2.91. The number of amides is 1. The van der Waals surface area contributed by atoms with Gasteiger partial charge >= 0.3 is 0 Å². The van der Waals surface area contributed by atoms with E-state index < -0.39 is 0 Å². The first-order valence-corrected chi connectivity index (χ1v) is 7.49. The van der Waals surface area contributed by atoms with E-state index in [9.17, 15) is 4.79 Å². The lowest BCUT2D eigenvalue weighted by atomic mass is 10.3. The zero-order valence-electron chi connectivity index (χ0n) is 11.2. The zero-order valence-corrected chi connectivity index (χ0v) is 12.0. The van der Waals surface area contributed by atoms with Gasteiger partial charge in [-0.25, -0.2) is 9.97 Å². The molecule has 0 saturated heterocycles. The molecule has 0 spiro atoms. The Morgan fingerprint density at radius 2 is 2.05 bits per heavy atom. The average molecular weight is 299 g/mol. The van der Waals surface area contributed by atoms with E-state index in [1.807, 2.05) is 30.3 Å². The monoisotopic (exact) mass is 299 g/mol. The van der Waals surface area contributed by atoms with Crippen LogP contribution in [0.15, 0.2) is 58.3 Å². The van der Waals surface area contributed by atoms with Crippen molar-refractivity contribution in [2.24, 2.45) is 0 Å². The van der Waals surface area contributed by atoms with E-state index >= 15 is 0 Å². The van der Waals surface area contributed by atoms with E-state index in [-0.39, 0.29) is 5.91 Å². The van der Waals surface area contributed by atoms with E-state index in [0.717, 1.165) is 11.1 Å². The van der Waals surface area contributed by atoms with Gasteiger partial charge in [0.05, 0.1) is 0 Å². The number of anilines is 1. The highest BCUT2D eigenvalue weighted by Gasteiger charge is 2.08. The number of pyridine rings is 1. The van der Waals surface area contributed by atoms with Gasteiger partial charge in [-0.05, 0) is 24.3 Å². The SMILES string of the molecule is O=C(CCSc1nc2ccccc2o1)Nc1ccccn1. The van der Waals surface area contributed by atoms with Gasteiger partial charge < -0.3 is 9.73 Å². The van der Waals surface area contributed by atoms with Crippen LogP contribution in [0.25, 0.3) is 11.1 Å². The number of aromatic nitrogens is 2. The molecule has 0 radical (unpaired) electrons. The van der Waals surface area contributed by atoms with Gasteiger partial charge in [-0.1, -0.05) is 30.0 Å².